The Bertz CT molecular complexity index is 1100. The highest BCUT2D eigenvalue weighted by Gasteiger charge is 2.16. The van der Waals surface area contributed by atoms with Gasteiger partial charge in [-0.2, -0.15) is 5.10 Å². The number of fused-ring (bicyclic) bond motifs is 1. The molecule has 0 spiro atoms. The fourth-order valence-corrected chi connectivity index (χ4v) is 3.08. The Morgan fingerprint density at radius 1 is 1.42 bits per heavy atom. The van der Waals surface area contributed by atoms with E-state index in [9.17, 15) is 19.7 Å². The number of anilines is 1. The molecule has 0 aliphatic heterocycles. The molecule has 0 fully saturated rings. The van der Waals surface area contributed by atoms with Gasteiger partial charge in [0, 0.05) is 24.9 Å². The summed E-state index contributed by atoms with van der Waals surface area (Å²) in [6.07, 6.45) is 1.28. The number of amides is 1. The minimum Gasteiger partial charge on any atom is -0.324 e. The second-order valence-electron chi connectivity index (χ2n) is 5.60. The van der Waals surface area contributed by atoms with Gasteiger partial charge in [0.05, 0.1) is 4.92 Å². The number of nitrogens with one attached hydrogen (secondary N) is 1. The smallest absolute Gasteiger partial charge is 0.269 e. The molecule has 3 aromatic rings. The molecule has 0 saturated heterocycles. The van der Waals surface area contributed by atoms with Crippen LogP contribution in [0.1, 0.15) is 5.56 Å². The lowest BCUT2D eigenvalue weighted by Gasteiger charge is -2.09. The van der Waals surface area contributed by atoms with E-state index in [1.165, 1.54) is 33.8 Å². The van der Waals surface area contributed by atoms with Crippen LogP contribution < -0.4 is 10.9 Å². The number of nitrogens with zero attached hydrogens (tertiary/aromatic N) is 5. The second kappa shape index (κ2) is 6.67. The topological polar surface area (TPSA) is 125 Å². The monoisotopic (exact) mass is 420 g/mol. The van der Waals surface area contributed by atoms with E-state index in [1.807, 2.05) is 0 Å². The predicted octanol–water partition coefficient (Wildman–Crippen LogP) is 1.75. The van der Waals surface area contributed by atoms with E-state index >= 15 is 0 Å². The van der Waals surface area contributed by atoms with Crippen molar-refractivity contribution < 1.29 is 9.72 Å². The number of aromatic nitrogens is 4. The van der Waals surface area contributed by atoms with Gasteiger partial charge in [-0.05, 0) is 34.5 Å². The molecular weight excluding hydrogens is 408 g/mol. The molecule has 1 amide bonds. The molecule has 11 heteroatoms. The molecule has 0 unspecified atom stereocenters. The van der Waals surface area contributed by atoms with Crippen LogP contribution in [0.15, 0.2) is 33.9 Å². The first kappa shape index (κ1) is 17.7. The Kier molecular flexibility index (Phi) is 4.55. The van der Waals surface area contributed by atoms with Gasteiger partial charge in [-0.25, -0.2) is 9.67 Å². The molecule has 26 heavy (non-hydrogen) atoms. The summed E-state index contributed by atoms with van der Waals surface area (Å²) in [5, 5.41) is 17.8. The highest BCUT2D eigenvalue weighted by atomic mass is 79.9. The molecule has 0 atom stereocenters. The van der Waals surface area contributed by atoms with E-state index < -0.39 is 16.4 Å². The van der Waals surface area contributed by atoms with E-state index in [4.69, 9.17) is 0 Å². The van der Waals surface area contributed by atoms with Crippen LogP contribution in [-0.2, 0) is 18.4 Å². The van der Waals surface area contributed by atoms with Crippen molar-refractivity contribution in [2.45, 2.75) is 13.5 Å². The van der Waals surface area contributed by atoms with Gasteiger partial charge in [0.25, 0.3) is 11.2 Å². The SMILES string of the molecule is Cc1cc([N+](=O)[O-])ccc1NC(=O)Cn1cnc2c(c(Br)nn2C)c1=O. The number of halogens is 1. The van der Waals surface area contributed by atoms with Crippen molar-refractivity contribution in [2.75, 3.05) is 5.32 Å². The minimum absolute atomic E-state index is 0.0622. The summed E-state index contributed by atoms with van der Waals surface area (Å²) in [4.78, 5) is 39.2. The number of hydrogen-bond acceptors (Lipinski definition) is 6. The number of non-ortho nitro benzene ring substituents is 1. The van der Waals surface area contributed by atoms with Crippen LogP contribution in [0.25, 0.3) is 11.0 Å². The molecule has 1 N–H and O–H groups in total. The van der Waals surface area contributed by atoms with Gasteiger partial charge in [-0.1, -0.05) is 0 Å². The summed E-state index contributed by atoms with van der Waals surface area (Å²) in [5.41, 5.74) is 0.928. The largest absolute Gasteiger partial charge is 0.324 e. The zero-order chi connectivity index (χ0) is 19.0. The Balaban J connectivity index is 1.84. The lowest BCUT2D eigenvalue weighted by molar-refractivity contribution is -0.384. The molecule has 2 heterocycles. The molecule has 10 nitrogen and oxygen atoms in total. The van der Waals surface area contributed by atoms with Gasteiger partial charge < -0.3 is 5.32 Å². The number of carbonyl (C=O) groups is 1. The predicted molar refractivity (Wildman–Crippen MR) is 96.9 cm³/mol. The average Bonchev–Trinajstić information content (AvgIpc) is 2.86. The molecule has 0 radical (unpaired) electrons. The first-order valence-electron chi connectivity index (χ1n) is 7.40. The maximum absolute atomic E-state index is 12.5. The molecule has 0 saturated carbocycles. The van der Waals surface area contributed by atoms with Crippen molar-refractivity contribution in [1.82, 2.24) is 19.3 Å². The minimum atomic E-state index is -0.509. The Hall–Kier alpha value is -3.08. The van der Waals surface area contributed by atoms with Gasteiger partial charge in [0.2, 0.25) is 5.91 Å². The van der Waals surface area contributed by atoms with E-state index in [2.05, 4.69) is 31.3 Å². The fourth-order valence-electron chi connectivity index (χ4n) is 2.49. The lowest BCUT2D eigenvalue weighted by atomic mass is 10.2. The summed E-state index contributed by atoms with van der Waals surface area (Å²) in [6.45, 7) is 1.40. The quantitative estimate of drug-likeness (QED) is 0.506. The van der Waals surface area contributed by atoms with Crippen LogP contribution in [0, 0.1) is 17.0 Å². The van der Waals surface area contributed by atoms with E-state index in [-0.39, 0.29) is 17.6 Å². The van der Waals surface area contributed by atoms with Crippen LogP contribution in [0.3, 0.4) is 0 Å². The molecule has 0 aliphatic rings. The summed E-state index contributed by atoms with van der Waals surface area (Å²) in [6, 6.07) is 4.12. The number of rotatable bonds is 4. The maximum atomic E-state index is 12.5. The second-order valence-corrected chi connectivity index (χ2v) is 6.35. The number of hydrogen-bond donors (Lipinski definition) is 1. The van der Waals surface area contributed by atoms with Gasteiger partial charge in [-0.3, -0.25) is 24.3 Å². The zero-order valence-corrected chi connectivity index (χ0v) is 15.3. The Labute approximate surface area is 154 Å². The number of nitro benzene ring substituents is 1. The first-order valence-corrected chi connectivity index (χ1v) is 8.19. The van der Waals surface area contributed by atoms with Crippen LogP contribution in [-0.4, -0.2) is 30.2 Å². The first-order chi connectivity index (χ1) is 12.3. The fraction of sp³-hybridized carbons (Fsp3) is 0.200. The van der Waals surface area contributed by atoms with Gasteiger partial charge >= 0.3 is 0 Å². The molecule has 134 valence electrons. The Morgan fingerprint density at radius 3 is 2.81 bits per heavy atom. The maximum Gasteiger partial charge on any atom is 0.269 e. The standard InChI is InChI=1S/C15H13BrN6O4/c1-8-5-9(22(25)26)3-4-10(8)18-11(23)6-21-7-17-14-12(15(21)24)13(16)19-20(14)2/h3-5,7H,6H2,1-2H3,(H,18,23). The summed E-state index contributed by atoms with van der Waals surface area (Å²) in [5.74, 6) is -0.454. The average molecular weight is 421 g/mol. The lowest BCUT2D eigenvalue weighted by Crippen LogP contribution is -2.28. The zero-order valence-electron chi connectivity index (χ0n) is 13.8. The molecule has 2 aromatic heterocycles. The summed E-state index contributed by atoms with van der Waals surface area (Å²) in [7, 11) is 1.66. The number of carbonyl (C=O) groups excluding carboxylic acids is 1. The van der Waals surface area contributed by atoms with E-state index in [1.54, 1.807) is 14.0 Å². The van der Waals surface area contributed by atoms with Crippen LogP contribution in [0.2, 0.25) is 0 Å². The van der Waals surface area contributed by atoms with Gasteiger partial charge in [0.1, 0.15) is 22.9 Å². The van der Waals surface area contributed by atoms with Crippen molar-refractivity contribution in [3.63, 3.8) is 0 Å². The van der Waals surface area contributed by atoms with Gasteiger partial charge in [0.15, 0.2) is 5.65 Å². The third kappa shape index (κ3) is 3.20. The molecule has 1 aromatic carbocycles. The van der Waals surface area contributed by atoms with Crippen molar-refractivity contribution in [1.29, 1.82) is 0 Å². The third-order valence-electron chi connectivity index (χ3n) is 3.78. The molecule has 0 bridgehead atoms. The summed E-state index contributed by atoms with van der Waals surface area (Å²) >= 11 is 3.21. The Morgan fingerprint density at radius 2 is 2.15 bits per heavy atom. The van der Waals surface area contributed by atoms with Crippen molar-refractivity contribution in [3.05, 3.63) is 55.2 Å². The third-order valence-corrected chi connectivity index (χ3v) is 4.33. The molecule has 0 aliphatic carbocycles. The van der Waals surface area contributed by atoms with Crippen LogP contribution in [0.4, 0.5) is 11.4 Å². The number of aryl methyl sites for hydroxylation is 2. The van der Waals surface area contributed by atoms with E-state index in [0.717, 1.165) is 0 Å². The molecule has 3 rings (SSSR count). The number of nitro groups is 1. The normalized spacial score (nSPS) is 10.9. The van der Waals surface area contributed by atoms with Crippen molar-refractivity contribution >= 4 is 44.2 Å². The number of benzene rings is 1. The van der Waals surface area contributed by atoms with Gasteiger partial charge in [-0.15, -0.1) is 0 Å². The highest BCUT2D eigenvalue weighted by Crippen LogP contribution is 2.21. The van der Waals surface area contributed by atoms with Crippen molar-refractivity contribution in [2.24, 2.45) is 7.05 Å². The van der Waals surface area contributed by atoms with E-state index in [0.29, 0.717) is 21.5 Å². The van der Waals surface area contributed by atoms with Crippen molar-refractivity contribution in [3.8, 4) is 0 Å². The highest BCUT2D eigenvalue weighted by molar-refractivity contribution is 9.10. The van der Waals surface area contributed by atoms with Crippen LogP contribution in [0.5, 0.6) is 0 Å². The summed E-state index contributed by atoms with van der Waals surface area (Å²) < 4.78 is 2.99. The van der Waals surface area contributed by atoms with Crippen LogP contribution >= 0.6 is 15.9 Å². The molecular formula is C15H13BrN6O4.